The first kappa shape index (κ1) is 17.9. The zero-order valence-electron chi connectivity index (χ0n) is 14.9. The molecule has 138 valence electrons. The summed E-state index contributed by atoms with van der Waals surface area (Å²) in [4.78, 5) is 28.4. The lowest BCUT2D eigenvalue weighted by Gasteiger charge is -2.21. The summed E-state index contributed by atoms with van der Waals surface area (Å²) in [5, 5.41) is 9.96. The van der Waals surface area contributed by atoms with Crippen LogP contribution in [0.4, 0.5) is 0 Å². The van der Waals surface area contributed by atoms with Crippen molar-refractivity contribution in [3.63, 3.8) is 0 Å². The molecule has 2 heterocycles. The minimum absolute atomic E-state index is 0.122. The maximum atomic E-state index is 12.5. The fourth-order valence-corrected chi connectivity index (χ4v) is 3.04. The fourth-order valence-electron chi connectivity index (χ4n) is 3.04. The van der Waals surface area contributed by atoms with Gasteiger partial charge in [0.05, 0.1) is 13.3 Å². The molecule has 8 heteroatoms. The molecule has 0 unspecified atom stereocenters. The van der Waals surface area contributed by atoms with Crippen molar-refractivity contribution in [3.05, 3.63) is 41.7 Å². The van der Waals surface area contributed by atoms with E-state index in [0.29, 0.717) is 44.7 Å². The van der Waals surface area contributed by atoms with Gasteiger partial charge in [0.25, 0.3) is 5.91 Å². The highest BCUT2D eigenvalue weighted by atomic mass is 16.5. The molecule has 0 saturated carbocycles. The van der Waals surface area contributed by atoms with E-state index in [0.717, 1.165) is 17.7 Å². The quantitative estimate of drug-likeness (QED) is 0.866. The Balaban J connectivity index is 1.50. The van der Waals surface area contributed by atoms with Gasteiger partial charge in [-0.1, -0.05) is 12.1 Å². The van der Waals surface area contributed by atoms with E-state index in [2.05, 4.69) is 15.4 Å². The average molecular weight is 357 g/mol. The first-order valence-corrected chi connectivity index (χ1v) is 8.73. The van der Waals surface area contributed by atoms with E-state index in [4.69, 9.17) is 4.74 Å². The molecule has 1 N–H and O–H groups in total. The summed E-state index contributed by atoms with van der Waals surface area (Å²) in [7, 11) is 1.63. The molecule has 1 aromatic carbocycles. The molecule has 0 radical (unpaired) electrons. The number of carbonyl (C=O) groups is 2. The number of hydrogen-bond acceptors (Lipinski definition) is 5. The van der Waals surface area contributed by atoms with Crippen LogP contribution in [0.3, 0.4) is 0 Å². The molecule has 2 aromatic rings. The number of aromatic nitrogens is 3. The van der Waals surface area contributed by atoms with Gasteiger partial charge in [0.15, 0.2) is 5.69 Å². The lowest BCUT2D eigenvalue weighted by atomic mass is 10.1. The number of nitrogens with zero attached hydrogens (tertiary/aromatic N) is 4. The van der Waals surface area contributed by atoms with E-state index < -0.39 is 0 Å². The summed E-state index contributed by atoms with van der Waals surface area (Å²) in [5.41, 5.74) is 1.42. The summed E-state index contributed by atoms with van der Waals surface area (Å²) in [6.45, 7) is 2.35. The van der Waals surface area contributed by atoms with Gasteiger partial charge in [0.1, 0.15) is 5.75 Å². The van der Waals surface area contributed by atoms with Crippen LogP contribution in [0.5, 0.6) is 5.75 Å². The third kappa shape index (κ3) is 4.38. The van der Waals surface area contributed by atoms with Crippen molar-refractivity contribution < 1.29 is 14.3 Å². The molecule has 3 rings (SSSR count). The molecule has 26 heavy (non-hydrogen) atoms. The van der Waals surface area contributed by atoms with Gasteiger partial charge in [-0.15, -0.1) is 0 Å². The van der Waals surface area contributed by atoms with Crippen LogP contribution in [0, 0.1) is 0 Å². The Morgan fingerprint density at radius 2 is 1.85 bits per heavy atom. The summed E-state index contributed by atoms with van der Waals surface area (Å²) < 4.78 is 5.14. The molecule has 1 aliphatic rings. The molecule has 2 amide bonds. The lowest BCUT2D eigenvalue weighted by Crippen LogP contribution is -2.37. The van der Waals surface area contributed by atoms with E-state index in [1.165, 1.54) is 6.20 Å². The number of ether oxygens (including phenoxy) is 1. The van der Waals surface area contributed by atoms with Gasteiger partial charge in [-0.3, -0.25) is 9.59 Å². The van der Waals surface area contributed by atoms with E-state index >= 15 is 0 Å². The summed E-state index contributed by atoms with van der Waals surface area (Å²) in [5.74, 6) is 0.785. The van der Waals surface area contributed by atoms with Crippen molar-refractivity contribution in [1.29, 1.82) is 0 Å². The van der Waals surface area contributed by atoms with Crippen LogP contribution < -0.4 is 4.74 Å². The van der Waals surface area contributed by atoms with Crippen molar-refractivity contribution in [2.45, 2.75) is 19.3 Å². The number of methoxy groups -OCH3 is 1. The Morgan fingerprint density at radius 1 is 1.12 bits per heavy atom. The predicted molar refractivity (Wildman–Crippen MR) is 94.8 cm³/mol. The molecule has 1 aliphatic heterocycles. The molecule has 1 aromatic heterocycles. The fraction of sp³-hybridized carbons (Fsp3) is 0.444. The Morgan fingerprint density at radius 3 is 2.54 bits per heavy atom. The Kier molecular flexibility index (Phi) is 5.83. The number of nitrogens with one attached hydrogen (secondary N) is 1. The standard InChI is InChI=1S/C18H23N5O3/c1-26-15-6-3-14(4-7-15)5-8-17(24)22-9-2-10-23(12-11-22)18(25)16-13-19-21-20-16/h3-4,6-7,13H,2,5,8-12H2,1H3,(H,19,20,21). The second-order valence-electron chi connectivity index (χ2n) is 6.23. The first-order valence-electron chi connectivity index (χ1n) is 8.73. The second-order valence-corrected chi connectivity index (χ2v) is 6.23. The van der Waals surface area contributed by atoms with Crippen LogP contribution in [0.1, 0.15) is 28.9 Å². The number of rotatable bonds is 5. The lowest BCUT2D eigenvalue weighted by molar-refractivity contribution is -0.131. The van der Waals surface area contributed by atoms with Crippen LogP contribution in [0.2, 0.25) is 0 Å². The number of amides is 2. The third-order valence-corrected chi connectivity index (χ3v) is 4.56. The number of aromatic amines is 1. The molecule has 1 saturated heterocycles. The van der Waals surface area contributed by atoms with Crippen molar-refractivity contribution >= 4 is 11.8 Å². The van der Waals surface area contributed by atoms with E-state index in [-0.39, 0.29) is 11.8 Å². The third-order valence-electron chi connectivity index (χ3n) is 4.56. The Labute approximate surface area is 152 Å². The average Bonchev–Trinajstić information content (AvgIpc) is 3.10. The van der Waals surface area contributed by atoms with Gasteiger partial charge in [-0.05, 0) is 30.5 Å². The van der Waals surface area contributed by atoms with Gasteiger partial charge in [0, 0.05) is 32.6 Å². The zero-order chi connectivity index (χ0) is 18.4. The van der Waals surface area contributed by atoms with E-state index in [1.54, 1.807) is 12.0 Å². The highest BCUT2D eigenvalue weighted by Crippen LogP contribution is 2.14. The van der Waals surface area contributed by atoms with Crippen LogP contribution in [-0.4, -0.2) is 70.3 Å². The Hall–Kier alpha value is -2.90. The summed E-state index contributed by atoms with van der Waals surface area (Å²) in [6.07, 6.45) is 3.34. The SMILES string of the molecule is COc1ccc(CCC(=O)N2CCCN(C(=O)c3cn[nH]n3)CC2)cc1. The topological polar surface area (TPSA) is 91.4 Å². The number of H-pyrrole nitrogens is 1. The zero-order valence-corrected chi connectivity index (χ0v) is 14.9. The molecule has 1 fully saturated rings. The molecule has 0 atom stereocenters. The van der Waals surface area contributed by atoms with Gasteiger partial charge in [-0.2, -0.15) is 15.4 Å². The minimum Gasteiger partial charge on any atom is -0.497 e. The maximum Gasteiger partial charge on any atom is 0.276 e. The summed E-state index contributed by atoms with van der Waals surface area (Å²) >= 11 is 0. The van der Waals surface area contributed by atoms with Crippen molar-refractivity contribution in [3.8, 4) is 5.75 Å². The molecule has 8 nitrogen and oxygen atoms in total. The van der Waals surface area contributed by atoms with Gasteiger partial charge in [-0.25, -0.2) is 0 Å². The number of hydrogen-bond donors (Lipinski definition) is 1. The number of aryl methyl sites for hydroxylation is 1. The van der Waals surface area contributed by atoms with Crippen LogP contribution in [0.25, 0.3) is 0 Å². The van der Waals surface area contributed by atoms with Crippen LogP contribution >= 0.6 is 0 Å². The largest absolute Gasteiger partial charge is 0.497 e. The van der Waals surface area contributed by atoms with Crippen LogP contribution in [-0.2, 0) is 11.2 Å². The smallest absolute Gasteiger partial charge is 0.276 e. The summed E-state index contributed by atoms with van der Waals surface area (Å²) in [6, 6.07) is 7.76. The number of benzene rings is 1. The molecule has 0 spiro atoms. The second kappa shape index (κ2) is 8.46. The van der Waals surface area contributed by atoms with Gasteiger partial charge in [0.2, 0.25) is 5.91 Å². The van der Waals surface area contributed by atoms with Crippen molar-refractivity contribution in [2.75, 3.05) is 33.3 Å². The van der Waals surface area contributed by atoms with Gasteiger partial charge < -0.3 is 14.5 Å². The number of carbonyl (C=O) groups excluding carboxylic acids is 2. The van der Waals surface area contributed by atoms with Gasteiger partial charge >= 0.3 is 0 Å². The highest BCUT2D eigenvalue weighted by Gasteiger charge is 2.23. The molecular formula is C18H23N5O3. The first-order chi connectivity index (χ1) is 12.7. The predicted octanol–water partition coefficient (Wildman–Crippen LogP) is 1.12. The van der Waals surface area contributed by atoms with Crippen LogP contribution in [0.15, 0.2) is 30.5 Å². The van der Waals surface area contributed by atoms with Crippen molar-refractivity contribution in [1.82, 2.24) is 25.2 Å². The molecule has 0 aliphatic carbocycles. The maximum absolute atomic E-state index is 12.5. The molecular weight excluding hydrogens is 334 g/mol. The normalized spacial score (nSPS) is 14.8. The monoisotopic (exact) mass is 357 g/mol. The Bertz CT molecular complexity index is 730. The van der Waals surface area contributed by atoms with Crippen molar-refractivity contribution in [2.24, 2.45) is 0 Å². The van der Waals surface area contributed by atoms with E-state index in [9.17, 15) is 9.59 Å². The molecule has 0 bridgehead atoms. The minimum atomic E-state index is -0.147. The highest BCUT2D eigenvalue weighted by molar-refractivity contribution is 5.92. The van der Waals surface area contributed by atoms with E-state index in [1.807, 2.05) is 29.2 Å².